The van der Waals surface area contributed by atoms with E-state index in [1.807, 2.05) is 18.2 Å². The lowest BCUT2D eigenvalue weighted by Gasteiger charge is -2.17. The van der Waals surface area contributed by atoms with Gasteiger partial charge in [-0.2, -0.15) is 9.97 Å². The van der Waals surface area contributed by atoms with E-state index in [9.17, 15) is 0 Å². The Kier molecular flexibility index (Phi) is 5.65. The fraction of sp³-hybridized carbons (Fsp3) is 0.273. The molecule has 4 rings (SSSR count). The molecule has 0 aliphatic heterocycles. The summed E-state index contributed by atoms with van der Waals surface area (Å²) in [4.78, 5) is 17.7. The van der Waals surface area contributed by atoms with Crippen LogP contribution in [0.15, 0.2) is 61.2 Å². The van der Waals surface area contributed by atoms with Gasteiger partial charge in [0, 0.05) is 18.9 Å². The maximum absolute atomic E-state index is 6.17. The van der Waals surface area contributed by atoms with E-state index in [-0.39, 0.29) is 6.04 Å². The number of pyridine rings is 1. The molecule has 7 nitrogen and oxygen atoms in total. The number of benzene rings is 1. The molecule has 3 aromatic heterocycles. The molecule has 0 fully saturated rings. The third-order valence-electron chi connectivity index (χ3n) is 5.03. The third kappa shape index (κ3) is 4.18. The predicted molar refractivity (Wildman–Crippen MR) is 116 cm³/mol. The lowest BCUT2D eigenvalue weighted by molar-refractivity contribution is 0.577. The van der Waals surface area contributed by atoms with E-state index >= 15 is 0 Å². The number of rotatable bonds is 8. The Bertz CT molecular complexity index is 1060. The predicted octanol–water partition coefficient (Wildman–Crippen LogP) is 3.85. The van der Waals surface area contributed by atoms with Crippen molar-refractivity contribution in [1.82, 2.24) is 24.5 Å². The summed E-state index contributed by atoms with van der Waals surface area (Å²) in [5.41, 5.74) is 10.0. The first-order valence-corrected chi connectivity index (χ1v) is 9.94. The van der Waals surface area contributed by atoms with Gasteiger partial charge in [-0.05, 0) is 42.5 Å². The Balaban J connectivity index is 1.53. The van der Waals surface area contributed by atoms with Gasteiger partial charge < -0.3 is 15.6 Å². The molecule has 0 spiro atoms. The highest BCUT2D eigenvalue weighted by molar-refractivity contribution is 5.83. The quantitative estimate of drug-likeness (QED) is 0.446. The summed E-state index contributed by atoms with van der Waals surface area (Å²) in [6.07, 6.45) is 8.30. The zero-order valence-electron chi connectivity index (χ0n) is 16.5. The van der Waals surface area contributed by atoms with Crippen LogP contribution >= 0.6 is 0 Å². The Morgan fingerprint density at radius 3 is 2.62 bits per heavy atom. The summed E-state index contributed by atoms with van der Waals surface area (Å²) < 4.78 is 2.07. The number of hydrogen-bond donors (Lipinski definition) is 2. The molecule has 4 aromatic rings. The molecule has 3 heterocycles. The number of imidazole rings is 1. The normalized spacial score (nSPS) is 12.2. The monoisotopic (exact) mass is 387 g/mol. The Morgan fingerprint density at radius 2 is 1.86 bits per heavy atom. The highest BCUT2D eigenvalue weighted by Gasteiger charge is 2.18. The van der Waals surface area contributed by atoms with Crippen molar-refractivity contribution in [2.24, 2.45) is 0 Å². The molecule has 1 aromatic carbocycles. The highest BCUT2D eigenvalue weighted by Crippen LogP contribution is 2.27. The minimum Gasteiger partial charge on any atom is -0.382 e. The van der Waals surface area contributed by atoms with Crippen LogP contribution in [0.4, 0.5) is 11.8 Å². The summed E-state index contributed by atoms with van der Waals surface area (Å²) in [6, 6.07) is 14.6. The molecule has 0 saturated heterocycles. The fourth-order valence-electron chi connectivity index (χ4n) is 3.56. The van der Waals surface area contributed by atoms with Crippen LogP contribution in [0.5, 0.6) is 0 Å². The number of anilines is 2. The van der Waals surface area contributed by atoms with Crippen molar-refractivity contribution in [1.29, 1.82) is 0 Å². The van der Waals surface area contributed by atoms with E-state index < -0.39 is 0 Å². The van der Waals surface area contributed by atoms with E-state index in [1.165, 1.54) is 5.56 Å². The lowest BCUT2D eigenvalue weighted by atomic mass is 10.1. The molecular formula is C22H25N7. The van der Waals surface area contributed by atoms with Gasteiger partial charge in [-0.1, -0.05) is 37.3 Å². The highest BCUT2D eigenvalue weighted by atomic mass is 15.2. The molecule has 29 heavy (non-hydrogen) atoms. The first-order valence-electron chi connectivity index (χ1n) is 9.94. The number of aromatic nitrogens is 5. The summed E-state index contributed by atoms with van der Waals surface area (Å²) >= 11 is 0. The first-order chi connectivity index (χ1) is 14.3. The van der Waals surface area contributed by atoms with Gasteiger partial charge >= 0.3 is 0 Å². The summed E-state index contributed by atoms with van der Waals surface area (Å²) in [5, 5.41) is 3.31. The van der Waals surface area contributed by atoms with E-state index in [1.54, 1.807) is 18.7 Å². The fourth-order valence-corrected chi connectivity index (χ4v) is 3.56. The zero-order chi connectivity index (χ0) is 20.1. The van der Waals surface area contributed by atoms with E-state index in [4.69, 9.17) is 10.7 Å². The summed E-state index contributed by atoms with van der Waals surface area (Å²) in [5.74, 6) is 0.929. The van der Waals surface area contributed by atoms with Crippen molar-refractivity contribution in [3.63, 3.8) is 0 Å². The second kappa shape index (κ2) is 8.68. The number of aryl methyl sites for hydroxylation is 1. The van der Waals surface area contributed by atoms with Gasteiger partial charge in [-0.15, -0.1) is 0 Å². The second-order valence-corrected chi connectivity index (χ2v) is 6.98. The van der Waals surface area contributed by atoms with E-state index in [0.717, 1.165) is 37.0 Å². The van der Waals surface area contributed by atoms with Gasteiger partial charge in [0.2, 0.25) is 5.95 Å². The Labute approximate surface area is 170 Å². The van der Waals surface area contributed by atoms with Crippen LogP contribution in [-0.4, -0.2) is 31.0 Å². The van der Waals surface area contributed by atoms with Crippen molar-refractivity contribution in [3.05, 3.63) is 72.3 Å². The Morgan fingerprint density at radius 1 is 1.07 bits per heavy atom. The van der Waals surface area contributed by atoms with Crippen LogP contribution in [-0.2, 0) is 6.42 Å². The van der Waals surface area contributed by atoms with Crippen LogP contribution in [0, 0.1) is 0 Å². The summed E-state index contributed by atoms with van der Waals surface area (Å²) in [7, 11) is 0. The molecule has 0 aliphatic carbocycles. The first kappa shape index (κ1) is 18.9. The topological polar surface area (TPSA) is 94.5 Å². The second-order valence-electron chi connectivity index (χ2n) is 6.98. The molecule has 1 atom stereocenters. The smallest absolute Gasteiger partial charge is 0.226 e. The SMILES string of the molecule is CCC(c1ccncc1)n1cnc2c(N)nc(NCCCc3ccccc3)nc21. The maximum Gasteiger partial charge on any atom is 0.226 e. The maximum atomic E-state index is 6.17. The molecular weight excluding hydrogens is 362 g/mol. The molecule has 0 radical (unpaired) electrons. The minimum absolute atomic E-state index is 0.114. The van der Waals surface area contributed by atoms with Crippen molar-refractivity contribution >= 4 is 22.9 Å². The largest absolute Gasteiger partial charge is 0.382 e. The van der Waals surface area contributed by atoms with Gasteiger partial charge in [-0.25, -0.2) is 4.98 Å². The Hall–Kier alpha value is -3.48. The van der Waals surface area contributed by atoms with Gasteiger partial charge in [0.15, 0.2) is 11.5 Å². The molecule has 3 N–H and O–H groups in total. The minimum atomic E-state index is 0.114. The lowest BCUT2D eigenvalue weighted by Crippen LogP contribution is -2.12. The average Bonchev–Trinajstić information content (AvgIpc) is 3.18. The standard InChI is InChI=1S/C22H25N7/c1-2-18(17-10-13-24-14-11-17)29-15-26-19-20(23)27-22(28-21(19)29)25-12-6-9-16-7-4-3-5-8-16/h3-5,7-8,10-11,13-15,18H,2,6,9,12H2,1H3,(H3,23,25,27,28). The van der Waals surface area contributed by atoms with E-state index in [2.05, 4.69) is 56.0 Å². The van der Waals surface area contributed by atoms with Crippen LogP contribution in [0.2, 0.25) is 0 Å². The van der Waals surface area contributed by atoms with Crippen LogP contribution in [0.3, 0.4) is 0 Å². The number of nitrogens with two attached hydrogens (primary N) is 1. The van der Waals surface area contributed by atoms with Gasteiger partial charge in [0.05, 0.1) is 12.4 Å². The van der Waals surface area contributed by atoms with Crippen LogP contribution in [0.1, 0.15) is 36.9 Å². The van der Waals surface area contributed by atoms with Gasteiger partial charge in [0.25, 0.3) is 0 Å². The van der Waals surface area contributed by atoms with E-state index in [0.29, 0.717) is 17.3 Å². The molecule has 0 amide bonds. The molecule has 0 aliphatic rings. The molecule has 148 valence electrons. The molecule has 0 bridgehead atoms. The molecule has 7 heteroatoms. The van der Waals surface area contributed by atoms with Crippen LogP contribution < -0.4 is 11.1 Å². The van der Waals surface area contributed by atoms with Gasteiger partial charge in [0.1, 0.15) is 5.52 Å². The van der Waals surface area contributed by atoms with Crippen molar-refractivity contribution in [2.75, 3.05) is 17.6 Å². The molecule has 1 unspecified atom stereocenters. The van der Waals surface area contributed by atoms with Gasteiger partial charge in [-0.3, -0.25) is 4.98 Å². The number of hydrogen-bond acceptors (Lipinski definition) is 6. The number of nitrogen functional groups attached to an aromatic ring is 1. The third-order valence-corrected chi connectivity index (χ3v) is 5.03. The molecule has 0 saturated carbocycles. The van der Waals surface area contributed by atoms with Crippen molar-refractivity contribution in [3.8, 4) is 0 Å². The summed E-state index contributed by atoms with van der Waals surface area (Å²) in [6.45, 7) is 2.92. The van der Waals surface area contributed by atoms with Crippen LogP contribution in [0.25, 0.3) is 11.2 Å². The number of fused-ring (bicyclic) bond motifs is 1. The number of nitrogens with zero attached hydrogens (tertiary/aromatic N) is 5. The number of nitrogens with one attached hydrogen (secondary N) is 1. The zero-order valence-corrected chi connectivity index (χ0v) is 16.5. The van der Waals surface area contributed by atoms with Crippen molar-refractivity contribution in [2.45, 2.75) is 32.2 Å². The average molecular weight is 387 g/mol. The van der Waals surface area contributed by atoms with Crippen molar-refractivity contribution < 1.29 is 0 Å².